The molecule has 0 unspecified atom stereocenters. The van der Waals surface area contributed by atoms with Crippen molar-refractivity contribution in [3.8, 4) is 17.2 Å². The van der Waals surface area contributed by atoms with E-state index < -0.39 is 5.82 Å². The molecule has 2 aliphatic heterocycles. The second-order valence-electron chi connectivity index (χ2n) is 9.02. The van der Waals surface area contributed by atoms with Gasteiger partial charge in [0.2, 0.25) is 6.79 Å². The molecular formula is C28H29FN2O4. The van der Waals surface area contributed by atoms with Gasteiger partial charge in [0.05, 0.1) is 12.2 Å². The predicted molar refractivity (Wildman–Crippen MR) is 130 cm³/mol. The minimum Gasteiger partial charge on any atom is -0.493 e. The molecule has 1 N–H and O–H groups in total. The molecule has 3 aromatic rings. The summed E-state index contributed by atoms with van der Waals surface area (Å²) in [4.78, 5) is 17.1. The molecule has 1 saturated heterocycles. The van der Waals surface area contributed by atoms with Gasteiger partial charge in [-0.25, -0.2) is 4.39 Å². The molecule has 0 aliphatic carbocycles. The molecule has 6 nitrogen and oxygen atoms in total. The Morgan fingerprint density at radius 2 is 2.03 bits per heavy atom. The normalized spacial score (nSPS) is 18.9. The van der Waals surface area contributed by atoms with E-state index in [2.05, 4.69) is 10.3 Å². The number of nitrogens with one attached hydrogen (secondary N) is 1. The van der Waals surface area contributed by atoms with Crippen LogP contribution in [0.4, 0.5) is 4.39 Å². The Labute approximate surface area is 204 Å². The summed E-state index contributed by atoms with van der Waals surface area (Å²) in [7, 11) is 0. The van der Waals surface area contributed by atoms with Crippen LogP contribution < -0.4 is 19.5 Å². The van der Waals surface area contributed by atoms with Gasteiger partial charge in [-0.15, -0.1) is 0 Å². The van der Waals surface area contributed by atoms with E-state index in [1.165, 1.54) is 6.07 Å². The fourth-order valence-corrected chi connectivity index (χ4v) is 4.80. The quantitative estimate of drug-likeness (QED) is 0.442. The molecule has 0 spiro atoms. The fraction of sp³-hybridized carbons (Fsp3) is 0.357. The standard InChI is InChI=1S/C28H29FN2O4/c29-25-9-7-19(14-24(25)26(32)6-3-5-21-4-1-2-12-31-21)23-11-13-30-16-20(23)17-33-22-8-10-27-28(15-22)35-18-34-27/h1-2,4,7-10,12,14-15,20,23,30H,3,5-6,11,13,16-18H2/t20-,23-/m0/s1. The third-order valence-corrected chi connectivity index (χ3v) is 6.70. The molecule has 35 heavy (non-hydrogen) atoms. The van der Waals surface area contributed by atoms with E-state index in [0.29, 0.717) is 31.6 Å². The zero-order valence-electron chi connectivity index (χ0n) is 19.5. The average molecular weight is 477 g/mol. The van der Waals surface area contributed by atoms with Crippen LogP contribution in [0, 0.1) is 11.7 Å². The number of aryl methyl sites for hydroxylation is 1. The lowest BCUT2D eigenvalue weighted by Gasteiger charge is -2.32. The monoisotopic (exact) mass is 476 g/mol. The first-order valence-electron chi connectivity index (χ1n) is 12.1. The molecule has 1 aromatic heterocycles. The van der Waals surface area contributed by atoms with Crippen molar-refractivity contribution in [2.45, 2.75) is 31.6 Å². The minimum absolute atomic E-state index is 0.164. The van der Waals surface area contributed by atoms with Crippen LogP contribution in [0.1, 0.15) is 46.8 Å². The number of carbonyl (C=O) groups excluding carboxylic acids is 1. The van der Waals surface area contributed by atoms with Gasteiger partial charge in [0.15, 0.2) is 17.3 Å². The van der Waals surface area contributed by atoms with Crippen LogP contribution in [0.25, 0.3) is 0 Å². The Kier molecular flexibility index (Phi) is 7.23. The molecule has 182 valence electrons. The van der Waals surface area contributed by atoms with Crippen molar-refractivity contribution in [1.29, 1.82) is 0 Å². The first-order chi connectivity index (χ1) is 17.2. The number of hydrogen-bond donors (Lipinski definition) is 1. The number of hydrogen-bond acceptors (Lipinski definition) is 6. The maximum absolute atomic E-state index is 14.6. The summed E-state index contributed by atoms with van der Waals surface area (Å²) >= 11 is 0. The lowest BCUT2D eigenvalue weighted by Crippen LogP contribution is -2.38. The summed E-state index contributed by atoms with van der Waals surface area (Å²) in [5.41, 5.74) is 2.10. The molecule has 2 atom stereocenters. The van der Waals surface area contributed by atoms with Crippen LogP contribution in [0.2, 0.25) is 0 Å². The lowest BCUT2D eigenvalue weighted by atomic mass is 9.80. The van der Waals surface area contributed by atoms with Gasteiger partial charge in [-0.05, 0) is 73.7 Å². The average Bonchev–Trinajstić information content (AvgIpc) is 3.37. The van der Waals surface area contributed by atoms with Crippen LogP contribution >= 0.6 is 0 Å². The van der Waals surface area contributed by atoms with E-state index in [0.717, 1.165) is 42.3 Å². The van der Waals surface area contributed by atoms with Crippen LogP contribution in [0.3, 0.4) is 0 Å². The molecule has 2 aromatic carbocycles. The third kappa shape index (κ3) is 5.62. The maximum Gasteiger partial charge on any atom is 0.231 e. The number of fused-ring (bicyclic) bond motifs is 1. The Bertz CT molecular complexity index is 1170. The molecule has 5 rings (SSSR count). The first kappa shape index (κ1) is 23.3. The zero-order chi connectivity index (χ0) is 24.0. The molecule has 0 amide bonds. The van der Waals surface area contributed by atoms with Crippen molar-refractivity contribution >= 4 is 5.78 Å². The number of ether oxygens (including phenoxy) is 3. The summed E-state index contributed by atoms with van der Waals surface area (Å²) in [5.74, 6) is 1.86. The molecule has 1 fully saturated rings. The van der Waals surface area contributed by atoms with Crippen molar-refractivity contribution in [3.63, 3.8) is 0 Å². The lowest BCUT2D eigenvalue weighted by molar-refractivity contribution is 0.0976. The number of halogens is 1. The molecule has 0 bridgehead atoms. The van der Waals surface area contributed by atoms with E-state index in [1.54, 1.807) is 12.3 Å². The summed E-state index contributed by atoms with van der Waals surface area (Å²) in [6.45, 7) is 2.39. The van der Waals surface area contributed by atoms with Crippen molar-refractivity contribution in [2.24, 2.45) is 5.92 Å². The number of Topliss-reactive ketones (excluding diaryl/α,β-unsaturated/α-hetero) is 1. The zero-order valence-corrected chi connectivity index (χ0v) is 19.5. The number of rotatable bonds is 9. The van der Waals surface area contributed by atoms with Gasteiger partial charge in [0, 0.05) is 36.8 Å². The van der Waals surface area contributed by atoms with E-state index in [1.807, 2.05) is 42.5 Å². The number of ketones is 1. The van der Waals surface area contributed by atoms with Crippen molar-refractivity contribution in [1.82, 2.24) is 10.3 Å². The topological polar surface area (TPSA) is 69.7 Å². The maximum atomic E-state index is 14.6. The van der Waals surface area contributed by atoms with Gasteiger partial charge in [0.1, 0.15) is 11.6 Å². The van der Waals surface area contributed by atoms with Gasteiger partial charge in [-0.1, -0.05) is 12.1 Å². The molecule has 3 heterocycles. The highest BCUT2D eigenvalue weighted by atomic mass is 19.1. The molecule has 7 heteroatoms. The largest absolute Gasteiger partial charge is 0.493 e. The van der Waals surface area contributed by atoms with E-state index in [4.69, 9.17) is 14.2 Å². The van der Waals surface area contributed by atoms with Gasteiger partial charge in [0.25, 0.3) is 0 Å². The minimum atomic E-state index is -0.460. The van der Waals surface area contributed by atoms with E-state index in [-0.39, 0.29) is 30.0 Å². The van der Waals surface area contributed by atoms with Gasteiger partial charge in [-0.3, -0.25) is 9.78 Å². The van der Waals surface area contributed by atoms with Gasteiger partial charge < -0.3 is 19.5 Å². The summed E-state index contributed by atoms with van der Waals surface area (Å²) in [5, 5.41) is 3.43. The highest BCUT2D eigenvalue weighted by molar-refractivity contribution is 5.96. The van der Waals surface area contributed by atoms with Crippen molar-refractivity contribution in [2.75, 3.05) is 26.5 Å². The number of aromatic nitrogens is 1. The van der Waals surface area contributed by atoms with E-state index >= 15 is 0 Å². The second-order valence-corrected chi connectivity index (χ2v) is 9.02. The van der Waals surface area contributed by atoms with Gasteiger partial charge >= 0.3 is 0 Å². The molecule has 2 aliphatic rings. The van der Waals surface area contributed by atoms with E-state index in [9.17, 15) is 9.18 Å². The second kappa shape index (κ2) is 10.9. The Balaban J connectivity index is 1.24. The van der Waals surface area contributed by atoms with Crippen LogP contribution in [-0.4, -0.2) is 37.3 Å². The number of piperidine rings is 1. The Morgan fingerprint density at radius 1 is 1.11 bits per heavy atom. The summed E-state index contributed by atoms with van der Waals surface area (Å²) < 4.78 is 31.5. The highest BCUT2D eigenvalue weighted by Gasteiger charge is 2.28. The molecule has 0 radical (unpaired) electrons. The smallest absolute Gasteiger partial charge is 0.231 e. The first-order valence-corrected chi connectivity index (χ1v) is 12.1. The SMILES string of the molecule is O=C(CCCc1ccccn1)c1cc([C@@H]2CCNC[C@H]2COc2ccc3c(c2)OCO3)ccc1F. The third-order valence-electron chi connectivity index (χ3n) is 6.70. The Morgan fingerprint density at radius 3 is 2.91 bits per heavy atom. The Hall–Kier alpha value is -3.45. The molecular weight excluding hydrogens is 447 g/mol. The molecule has 0 saturated carbocycles. The summed E-state index contributed by atoms with van der Waals surface area (Å²) in [6.07, 6.45) is 4.26. The summed E-state index contributed by atoms with van der Waals surface area (Å²) in [6, 6.07) is 16.3. The number of pyridine rings is 1. The number of benzene rings is 2. The van der Waals surface area contributed by atoms with Gasteiger partial charge in [-0.2, -0.15) is 0 Å². The predicted octanol–water partition coefficient (Wildman–Crippen LogP) is 4.93. The number of carbonyl (C=O) groups is 1. The van der Waals surface area contributed by atoms with Crippen molar-refractivity contribution < 1.29 is 23.4 Å². The number of nitrogens with zero attached hydrogens (tertiary/aromatic N) is 1. The van der Waals surface area contributed by atoms with Crippen LogP contribution in [0.15, 0.2) is 60.8 Å². The van der Waals surface area contributed by atoms with Crippen LogP contribution in [-0.2, 0) is 6.42 Å². The van der Waals surface area contributed by atoms with Crippen molar-refractivity contribution in [3.05, 3.63) is 83.4 Å². The fourth-order valence-electron chi connectivity index (χ4n) is 4.80. The highest BCUT2D eigenvalue weighted by Crippen LogP contribution is 2.36. The van der Waals surface area contributed by atoms with Crippen LogP contribution in [0.5, 0.6) is 17.2 Å².